The Morgan fingerprint density at radius 2 is 1.75 bits per heavy atom. The fourth-order valence-electron chi connectivity index (χ4n) is 0.831. The second-order valence-electron chi connectivity index (χ2n) is 3.59. The van der Waals surface area contributed by atoms with Crippen LogP contribution in [0.15, 0.2) is 0 Å². The molecule has 3 nitrogen and oxygen atoms in total. The molecule has 0 unspecified atom stereocenters. The topological polar surface area (TPSA) is 32.7 Å². The highest BCUT2D eigenvalue weighted by atomic mass is 16.5. The Morgan fingerprint density at radius 1 is 1.25 bits per heavy atom. The van der Waals surface area contributed by atoms with E-state index in [4.69, 9.17) is 4.74 Å². The summed E-state index contributed by atoms with van der Waals surface area (Å²) in [6, 6.07) is 0. The SMILES string of the molecule is CCN(CC)COCC(C)(C)O. The molecule has 0 saturated carbocycles. The van der Waals surface area contributed by atoms with Crippen LogP contribution in [0.3, 0.4) is 0 Å². The summed E-state index contributed by atoms with van der Waals surface area (Å²) in [5.41, 5.74) is -0.715. The Morgan fingerprint density at radius 3 is 2.08 bits per heavy atom. The van der Waals surface area contributed by atoms with Crippen molar-refractivity contribution < 1.29 is 9.84 Å². The van der Waals surface area contributed by atoms with Crippen LogP contribution < -0.4 is 0 Å². The Labute approximate surface area is 75.3 Å². The first-order valence-corrected chi connectivity index (χ1v) is 4.52. The molecule has 0 saturated heterocycles. The molecule has 0 aromatic rings. The summed E-state index contributed by atoms with van der Waals surface area (Å²) < 4.78 is 5.32. The van der Waals surface area contributed by atoms with Crippen molar-refractivity contribution in [1.29, 1.82) is 0 Å². The molecule has 0 fully saturated rings. The van der Waals surface area contributed by atoms with Crippen LogP contribution in [-0.2, 0) is 4.74 Å². The van der Waals surface area contributed by atoms with E-state index in [9.17, 15) is 5.11 Å². The third kappa shape index (κ3) is 6.58. The van der Waals surface area contributed by atoms with Crippen molar-refractivity contribution in [3.63, 3.8) is 0 Å². The zero-order valence-corrected chi connectivity index (χ0v) is 8.63. The van der Waals surface area contributed by atoms with E-state index in [2.05, 4.69) is 18.7 Å². The summed E-state index contributed by atoms with van der Waals surface area (Å²) >= 11 is 0. The average Bonchev–Trinajstić information content (AvgIpc) is 1.96. The highest BCUT2D eigenvalue weighted by Gasteiger charge is 2.12. The highest BCUT2D eigenvalue weighted by molar-refractivity contribution is 4.62. The molecule has 12 heavy (non-hydrogen) atoms. The fraction of sp³-hybridized carbons (Fsp3) is 1.00. The van der Waals surface area contributed by atoms with Gasteiger partial charge in [0.1, 0.15) is 0 Å². The van der Waals surface area contributed by atoms with E-state index in [1.54, 1.807) is 13.8 Å². The molecule has 0 spiro atoms. The fourth-order valence-corrected chi connectivity index (χ4v) is 0.831. The van der Waals surface area contributed by atoms with Crippen molar-refractivity contribution in [2.24, 2.45) is 0 Å². The maximum Gasteiger partial charge on any atom is 0.0991 e. The maximum absolute atomic E-state index is 9.33. The van der Waals surface area contributed by atoms with Gasteiger partial charge in [0, 0.05) is 0 Å². The van der Waals surface area contributed by atoms with Gasteiger partial charge < -0.3 is 9.84 Å². The van der Waals surface area contributed by atoms with Gasteiger partial charge >= 0.3 is 0 Å². The molecule has 0 aromatic heterocycles. The molecule has 0 rings (SSSR count). The van der Waals surface area contributed by atoms with Gasteiger partial charge in [0.25, 0.3) is 0 Å². The van der Waals surface area contributed by atoms with Crippen LogP contribution in [0.1, 0.15) is 27.7 Å². The molecule has 1 N–H and O–H groups in total. The van der Waals surface area contributed by atoms with Gasteiger partial charge in [0.2, 0.25) is 0 Å². The van der Waals surface area contributed by atoms with E-state index < -0.39 is 5.60 Å². The lowest BCUT2D eigenvalue weighted by Gasteiger charge is -2.22. The largest absolute Gasteiger partial charge is 0.388 e. The summed E-state index contributed by atoms with van der Waals surface area (Å²) in [5.74, 6) is 0. The lowest BCUT2D eigenvalue weighted by Crippen LogP contribution is -2.32. The Bertz CT molecular complexity index is 106. The van der Waals surface area contributed by atoms with E-state index in [0.29, 0.717) is 13.3 Å². The average molecular weight is 175 g/mol. The predicted molar refractivity (Wildman–Crippen MR) is 50.0 cm³/mol. The van der Waals surface area contributed by atoms with Gasteiger partial charge in [-0.3, -0.25) is 4.90 Å². The van der Waals surface area contributed by atoms with Gasteiger partial charge in [0.15, 0.2) is 0 Å². The van der Waals surface area contributed by atoms with Crippen molar-refractivity contribution in [3.05, 3.63) is 0 Å². The van der Waals surface area contributed by atoms with Crippen molar-refractivity contribution in [2.45, 2.75) is 33.3 Å². The number of rotatable bonds is 6. The molecular formula is C9H21NO2. The van der Waals surface area contributed by atoms with Gasteiger partial charge in [-0.15, -0.1) is 0 Å². The van der Waals surface area contributed by atoms with Gasteiger partial charge in [-0.2, -0.15) is 0 Å². The second kappa shape index (κ2) is 5.51. The molecular weight excluding hydrogens is 154 g/mol. The minimum absolute atomic E-state index is 0.392. The monoisotopic (exact) mass is 175 g/mol. The van der Waals surface area contributed by atoms with Gasteiger partial charge in [-0.05, 0) is 26.9 Å². The lowest BCUT2D eigenvalue weighted by molar-refractivity contribution is -0.0539. The van der Waals surface area contributed by atoms with Crippen LogP contribution >= 0.6 is 0 Å². The first kappa shape index (κ1) is 11.9. The molecule has 3 heteroatoms. The smallest absolute Gasteiger partial charge is 0.0991 e. The zero-order chi connectivity index (χ0) is 9.61. The standard InChI is InChI=1S/C9H21NO2/c1-5-10(6-2)8-12-7-9(3,4)11/h11H,5-8H2,1-4H3. The minimum Gasteiger partial charge on any atom is -0.388 e. The van der Waals surface area contributed by atoms with Crippen molar-refractivity contribution >= 4 is 0 Å². The first-order chi connectivity index (χ1) is 5.49. The van der Waals surface area contributed by atoms with E-state index in [0.717, 1.165) is 13.1 Å². The van der Waals surface area contributed by atoms with Crippen molar-refractivity contribution in [2.75, 3.05) is 26.4 Å². The van der Waals surface area contributed by atoms with Crippen LogP contribution in [0.25, 0.3) is 0 Å². The highest BCUT2D eigenvalue weighted by Crippen LogP contribution is 2.01. The molecule has 0 aliphatic heterocycles. The molecule has 0 aliphatic carbocycles. The zero-order valence-electron chi connectivity index (χ0n) is 8.63. The molecule has 0 bridgehead atoms. The van der Waals surface area contributed by atoms with Crippen LogP contribution in [-0.4, -0.2) is 42.0 Å². The molecule has 0 atom stereocenters. The Balaban J connectivity index is 3.41. The molecule has 74 valence electrons. The number of hydrogen-bond acceptors (Lipinski definition) is 3. The summed E-state index contributed by atoms with van der Waals surface area (Å²) in [5, 5.41) is 9.33. The Hall–Kier alpha value is -0.120. The van der Waals surface area contributed by atoms with E-state index >= 15 is 0 Å². The molecule has 0 heterocycles. The van der Waals surface area contributed by atoms with E-state index in [1.807, 2.05) is 0 Å². The quantitative estimate of drug-likeness (QED) is 0.613. The van der Waals surface area contributed by atoms with E-state index in [1.165, 1.54) is 0 Å². The summed E-state index contributed by atoms with van der Waals surface area (Å²) in [6.45, 7) is 10.7. The van der Waals surface area contributed by atoms with E-state index in [-0.39, 0.29) is 0 Å². The third-order valence-electron chi connectivity index (χ3n) is 1.62. The summed E-state index contributed by atoms with van der Waals surface area (Å²) in [7, 11) is 0. The van der Waals surface area contributed by atoms with Crippen LogP contribution in [0.5, 0.6) is 0 Å². The summed E-state index contributed by atoms with van der Waals surface area (Å²) in [6.07, 6.45) is 0. The Kier molecular flexibility index (Phi) is 5.46. The number of ether oxygens (including phenoxy) is 1. The molecule has 0 aliphatic rings. The normalized spacial score (nSPS) is 12.5. The lowest BCUT2D eigenvalue weighted by atomic mass is 10.2. The van der Waals surface area contributed by atoms with Gasteiger partial charge in [-0.1, -0.05) is 13.8 Å². The minimum atomic E-state index is -0.715. The number of hydrogen-bond donors (Lipinski definition) is 1. The predicted octanol–water partition coefficient (Wildman–Crippen LogP) is 1.07. The van der Waals surface area contributed by atoms with Crippen molar-refractivity contribution in [1.82, 2.24) is 4.90 Å². The maximum atomic E-state index is 9.33. The number of nitrogens with zero attached hydrogens (tertiary/aromatic N) is 1. The molecule has 0 radical (unpaired) electrons. The van der Waals surface area contributed by atoms with Crippen molar-refractivity contribution in [3.8, 4) is 0 Å². The first-order valence-electron chi connectivity index (χ1n) is 4.52. The second-order valence-corrected chi connectivity index (χ2v) is 3.59. The van der Waals surface area contributed by atoms with Crippen LogP contribution in [0, 0.1) is 0 Å². The number of aliphatic hydroxyl groups is 1. The molecule has 0 amide bonds. The van der Waals surface area contributed by atoms with Gasteiger partial charge in [-0.25, -0.2) is 0 Å². The van der Waals surface area contributed by atoms with Crippen LogP contribution in [0.4, 0.5) is 0 Å². The van der Waals surface area contributed by atoms with Crippen LogP contribution in [0.2, 0.25) is 0 Å². The summed E-state index contributed by atoms with van der Waals surface area (Å²) in [4.78, 5) is 2.16. The van der Waals surface area contributed by atoms with Gasteiger partial charge in [0.05, 0.1) is 18.9 Å². The third-order valence-corrected chi connectivity index (χ3v) is 1.62. The molecule has 0 aromatic carbocycles.